The summed E-state index contributed by atoms with van der Waals surface area (Å²) >= 11 is 0. The molecule has 3 N–H and O–H groups in total. The van der Waals surface area contributed by atoms with Crippen molar-refractivity contribution in [3.8, 4) is 11.1 Å². The Bertz CT molecular complexity index is 771. The first kappa shape index (κ1) is 17.0. The molecule has 0 fully saturated rings. The topological polar surface area (TPSA) is 87.7 Å². The van der Waals surface area contributed by atoms with Gasteiger partial charge in [-0.1, -0.05) is 18.2 Å². The van der Waals surface area contributed by atoms with Crippen molar-refractivity contribution in [2.24, 2.45) is 0 Å². The molecule has 0 aliphatic carbocycles. The lowest BCUT2D eigenvalue weighted by Crippen LogP contribution is -2.25. The molecular formula is C19H20N2O4. The Morgan fingerprint density at radius 2 is 1.88 bits per heavy atom. The molecule has 0 unspecified atom stereocenters. The summed E-state index contributed by atoms with van der Waals surface area (Å²) in [6.45, 7) is 2.20. The van der Waals surface area contributed by atoms with E-state index in [1.807, 2.05) is 24.3 Å². The fourth-order valence-corrected chi connectivity index (χ4v) is 2.70. The number of carbonyl (C=O) groups is 2. The van der Waals surface area contributed by atoms with Gasteiger partial charge in [0.05, 0.1) is 19.6 Å². The van der Waals surface area contributed by atoms with E-state index in [1.165, 1.54) is 0 Å². The molecule has 0 bridgehead atoms. The lowest BCUT2D eigenvalue weighted by Gasteiger charge is -2.10. The molecule has 0 saturated carbocycles. The number of anilines is 1. The first-order chi connectivity index (χ1) is 12.1. The van der Waals surface area contributed by atoms with Crippen LogP contribution in [0.3, 0.4) is 0 Å². The molecule has 0 saturated heterocycles. The molecule has 2 aromatic rings. The second kappa shape index (κ2) is 7.81. The van der Waals surface area contributed by atoms with Crippen LogP contribution in [0.15, 0.2) is 42.5 Å². The molecule has 1 aliphatic heterocycles. The Morgan fingerprint density at radius 1 is 1.12 bits per heavy atom. The summed E-state index contributed by atoms with van der Waals surface area (Å²) in [7, 11) is 0. The van der Waals surface area contributed by atoms with Crippen molar-refractivity contribution in [3.63, 3.8) is 0 Å². The zero-order valence-corrected chi connectivity index (χ0v) is 13.7. The molecule has 0 radical (unpaired) electrons. The number of amides is 1. The van der Waals surface area contributed by atoms with Gasteiger partial charge in [0.15, 0.2) is 0 Å². The molecule has 6 nitrogen and oxygen atoms in total. The van der Waals surface area contributed by atoms with Crippen molar-refractivity contribution >= 4 is 17.6 Å². The molecule has 130 valence electrons. The van der Waals surface area contributed by atoms with Gasteiger partial charge in [0.2, 0.25) is 0 Å². The van der Waals surface area contributed by atoms with Crippen LogP contribution in [-0.4, -0.2) is 36.7 Å². The third-order valence-electron chi connectivity index (χ3n) is 4.03. The number of carbonyl (C=O) groups excluding carboxylic acids is 1. The van der Waals surface area contributed by atoms with Crippen molar-refractivity contribution in [3.05, 3.63) is 53.6 Å². The number of benzene rings is 2. The molecule has 2 aromatic carbocycles. The predicted octanol–water partition coefficient (Wildman–Crippen LogP) is 2.50. The quantitative estimate of drug-likeness (QED) is 0.778. The van der Waals surface area contributed by atoms with E-state index in [-0.39, 0.29) is 18.9 Å². The normalized spacial score (nSPS) is 13.3. The highest BCUT2D eigenvalue weighted by molar-refractivity contribution is 5.94. The van der Waals surface area contributed by atoms with Gasteiger partial charge >= 0.3 is 5.97 Å². The summed E-state index contributed by atoms with van der Waals surface area (Å²) in [6.07, 6.45) is -0.0882. The van der Waals surface area contributed by atoms with E-state index < -0.39 is 5.97 Å². The summed E-state index contributed by atoms with van der Waals surface area (Å²) in [5, 5.41) is 14.5. The third kappa shape index (κ3) is 4.36. The summed E-state index contributed by atoms with van der Waals surface area (Å²) < 4.78 is 5.56. The molecule has 25 heavy (non-hydrogen) atoms. The van der Waals surface area contributed by atoms with E-state index in [9.17, 15) is 9.59 Å². The number of rotatable bonds is 5. The lowest BCUT2D eigenvalue weighted by molar-refractivity contribution is -0.136. The number of nitrogens with one attached hydrogen (secondary N) is 2. The van der Waals surface area contributed by atoms with Gasteiger partial charge < -0.3 is 20.5 Å². The minimum Gasteiger partial charge on any atom is -0.481 e. The monoisotopic (exact) mass is 340 g/mol. The first-order valence-corrected chi connectivity index (χ1v) is 8.18. The van der Waals surface area contributed by atoms with Crippen molar-refractivity contribution in [2.75, 3.05) is 25.0 Å². The van der Waals surface area contributed by atoms with Crippen LogP contribution >= 0.6 is 0 Å². The molecule has 6 heteroatoms. The maximum atomic E-state index is 12.0. The predicted molar refractivity (Wildman–Crippen MR) is 94.6 cm³/mol. The minimum atomic E-state index is -0.933. The number of hydrogen-bond acceptors (Lipinski definition) is 4. The third-order valence-corrected chi connectivity index (χ3v) is 4.03. The van der Waals surface area contributed by atoms with E-state index in [0.29, 0.717) is 18.8 Å². The largest absolute Gasteiger partial charge is 0.481 e. The van der Waals surface area contributed by atoms with Crippen LogP contribution < -0.4 is 10.6 Å². The van der Waals surface area contributed by atoms with Crippen molar-refractivity contribution in [2.45, 2.75) is 13.0 Å². The van der Waals surface area contributed by atoms with Gasteiger partial charge in [-0.2, -0.15) is 0 Å². The standard InChI is InChI=1S/C19H20N2O4/c22-18(23)7-8-21-19(24)14-3-1-13(2-4-14)15-5-6-17-16(11-15)12-25-10-9-20-17/h1-6,11,20H,7-10,12H2,(H,21,24)(H,22,23). The van der Waals surface area contributed by atoms with E-state index in [1.54, 1.807) is 12.1 Å². The Balaban J connectivity index is 1.71. The van der Waals surface area contributed by atoms with E-state index in [2.05, 4.69) is 16.7 Å². The fraction of sp³-hybridized carbons (Fsp3) is 0.263. The average Bonchev–Trinajstić information content (AvgIpc) is 2.86. The summed E-state index contributed by atoms with van der Waals surface area (Å²) in [4.78, 5) is 22.5. The van der Waals surface area contributed by atoms with Gasteiger partial charge in [-0.3, -0.25) is 9.59 Å². The highest BCUT2D eigenvalue weighted by Crippen LogP contribution is 2.27. The van der Waals surface area contributed by atoms with Gasteiger partial charge in [-0.25, -0.2) is 0 Å². The van der Waals surface area contributed by atoms with E-state index >= 15 is 0 Å². The van der Waals surface area contributed by atoms with Crippen LogP contribution in [0.1, 0.15) is 22.3 Å². The van der Waals surface area contributed by atoms with Crippen LogP contribution in [-0.2, 0) is 16.1 Å². The highest BCUT2D eigenvalue weighted by Gasteiger charge is 2.10. The number of ether oxygens (including phenoxy) is 1. The highest BCUT2D eigenvalue weighted by atomic mass is 16.5. The van der Waals surface area contributed by atoms with E-state index in [4.69, 9.17) is 9.84 Å². The zero-order chi connectivity index (χ0) is 17.6. The van der Waals surface area contributed by atoms with Crippen LogP contribution in [0.25, 0.3) is 11.1 Å². The number of hydrogen-bond donors (Lipinski definition) is 3. The Morgan fingerprint density at radius 3 is 2.64 bits per heavy atom. The summed E-state index contributed by atoms with van der Waals surface area (Å²) in [5.41, 5.74) is 4.79. The molecule has 3 rings (SSSR count). The Kier molecular flexibility index (Phi) is 5.30. The fourth-order valence-electron chi connectivity index (χ4n) is 2.70. The van der Waals surface area contributed by atoms with Crippen LogP contribution in [0, 0.1) is 0 Å². The second-order valence-electron chi connectivity index (χ2n) is 5.83. The molecule has 1 aliphatic rings. The van der Waals surface area contributed by atoms with Crippen molar-refractivity contribution in [1.29, 1.82) is 0 Å². The lowest BCUT2D eigenvalue weighted by atomic mass is 10.0. The SMILES string of the molecule is O=C(O)CCNC(=O)c1ccc(-c2ccc3c(c2)COCCN3)cc1. The van der Waals surface area contributed by atoms with E-state index in [0.717, 1.165) is 28.9 Å². The Labute approximate surface area is 145 Å². The van der Waals surface area contributed by atoms with Gasteiger partial charge in [-0.05, 0) is 35.4 Å². The van der Waals surface area contributed by atoms with Crippen LogP contribution in [0.5, 0.6) is 0 Å². The maximum Gasteiger partial charge on any atom is 0.305 e. The van der Waals surface area contributed by atoms with Crippen molar-refractivity contribution in [1.82, 2.24) is 5.32 Å². The van der Waals surface area contributed by atoms with Crippen LogP contribution in [0.2, 0.25) is 0 Å². The number of fused-ring (bicyclic) bond motifs is 1. The summed E-state index contributed by atoms with van der Waals surface area (Å²) in [5.74, 6) is -1.20. The molecule has 1 amide bonds. The van der Waals surface area contributed by atoms with Crippen molar-refractivity contribution < 1.29 is 19.4 Å². The smallest absolute Gasteiger partial charge is 0.305 e. The van der Waals surface area contributed by atoms with Gasteiger partial charge in [-0.15, -0.1) is 0 Å². The maximum absolute atomic E-state index is 12.0. The number of carboxylic acid groups (broad SMARTS) is 1. The number of carboxylic acids is 1. The molecule has 0 spiro atoms. The molecule has 0 atom stereocenters. The van der Waals surface area contributed by atoms with Gasteiger partial charge in [0.25, 0.3) is 5.91 Å². The summed E-state index contributed by atoms with van der Waals surface area (Å²) in [6, 6.07) is 13.4. The average molecular weight is 340 g/mol. The van der Waals surface area contributed by atoms with Crippen LogP contribution in [0.4, 0.5) is 5.69 Å². The zero-order valence-electron chi connectivity index (χ0n) is 13.7. The number of aliphatic carboxylic acids is 1. The minimum absolute atomic E-state index is 0.0882. The molecular weight excluding hydrogens is 320 g/mol. The Hall–Kier alpha value is -2.86. The first-order valence-electron chi connectivity index (χ1n) is 8.18. The van der Waals surface area contributed by atoms with Gasteiger partial charge in [0, 0.05) is 29.9 Å². The molecule has 1 heterocycles. The second-order valence-corrected chi connectivity index (χ2v) is 5.83. The molecule has 0 aromatic heterocycles. The van der Waals surface area contributed by atoms with Gasteiger partial charge in [0.1, 0.15) is 0 Å².